The number of fused-ring (bicyclic) bond motifs is 3. The normalized spacial score (nSPS) is 24.6. The fraction of sp³-hybridized carbons (Fsp3) is 0.435. The molecule has 0 aliphatic carbocycles. The first kappa shape index (κ1) is 21.1. The monoisotopic (exact) mass is 450 g/mol. The summed E-state index contributed by atoms with van der Waals surface area (Å²) in [6, 6.07) is 8.27. The van der Waals surface area contributed by atoms with Crippen LogP contribution in [0.5, 0.6) is 11.5 Å². The fourth-order valence-electron chi connectivity index (χ4n) is 5.11. The van der Waals surface area contributed by atoms with Gasteiger partial charge in [0.05, 0.1) is 11.1 Å². The minimum absolute atomic E-state index is 0.221. The van der Waals surface area contributed by atoms with Crippen molar-refractivity contribution in [3.63, 3.8) is 0 Å². The average molecular weight is 450 g/mol. The number of ether oxygens (including phenoxy) is 2. The number of halogens is 4. The minimum Gasteiger partial charge on any atom is -0.454 e. The molecule has 2 aromatic carbocycles. The van der Waals surface area contributed by atoms with Crippen molar-refractivity contribution >= 4 is 5.91 Å². The first-order valence-electron chi connectivity index (χ1n) is 10.6. The molecule has 0 radical (unpaired) electrons. The van der Waals surface area contributed by atoms with Gasteiger partial charge in [-0.15, -0.1) is 0 Å². The molecule has 1 amide bonds. The lowest BCUT2D eigenvalue weighted by Crippen LogP contribution is -2.50. The van der Waals surface area contributed by atoms with Gasteiger partial charge in [-0.2, -0.15) is 13.2 Å². The third-order valence-corrected chi connectivity index (χ3v) is 6.55. The number of rotatable bonds is 4. The maximum Gasteiger partial charge on any atom is 0.417 e. The van der Waals surface area contributed by atoms with Crippen LogP contribution in [-0.4, -0.2) is 35.7 Å². The Kier molecular flexibility index (Phi) is 5.23. The molecule has 9 heteroatoms. The Bertz CT molecular complexity index is 1030. The number of alkyl halides is 3. The summed E-state index contributed by atoms with van der Waals surface area (Å²) in [7, 11) is 0. The van der Waals surface area contributed by atoms with Gasteiger partial charge in [-0.3, -0.25) is 9.69 Å². The van der Waals surface area contributed by atoms with Crippen molar-refractivity contribution in [2.45, 2.75) is 56.5 Å². The van der Waals surface area contributed by atoms with Crippen LogP contribution in [0.2, 0.25) is 0 Å². The van der Waals surface area contributed by atoms with Crippen LogP contribution in [0.1, 0.15) is 47.2 Å². The van der Waals surface area contributed by atoms with E-state index in [9.17, 15) is 22.4 Å². The maximum atomic E-state index is 13.4. The lowest BCUT2D eigenvalue weighted by Gasteiger charge is -2.39. The molecule has 32 heavy (non-hydrogen) atoms. The predicted molar refractivity (Wildman–Crippen MR) is 107 cm³/mol. The smallest absolute Gasteiger partial charge is 0.417 e. The van der Waals surface area contributed by atoms with Gasteiger partial charge in [0.15, 0.2) is 11.5 Å². The summed E-state index contributed by atoms with van der Waals surface area (Å²) >= 11 is 0. The Hall–Kier alpha value is -2.81. The molecule has 3 heterocycles. The van der Waals surface area contributed by atoms with Crippen LogP contribution in [0.3, 0.4) is 0 Å². The molecule has 5 nitrogen and oxygen atoms in total. The third kappa shape index (κ3) is 4.01. The number of hydrogen-bond donors (Lipinski definition) is 1. The van der Waals surface area contributed by atoms with Crippen molar-refractivity contribution in [2.75, 3.05) is 6.79 Å². The van der Waals surface area contributed by atoms with Crippen molar-refractivity contribution in [3.8, 4) is 11.5 Å². The largest absolute Gasteiger partial charge is 0.454 e. The first-order valence-corrected chi connectivity index (χ1v) is 10.6. The van der Waals surface area contributed by atoms with Gasteiger partial charge in [0.1, 0.15) is 5.82 Å². The highest BCUT2D eigenvalue weighted by molar-refractivity contribution is 5.96. The van der Waals surface area contributed by atoms with Crippen molar-refractivity contribution < 1.29 is 31.8 Å². The summed E-state index contributed by atoms with van der Waals surface area (Å²) in [5.41, 5.74) is -0.693. The van der Waals surface area contributed by atoms with Crippen LogP contribution >= 0.6 is 0 Å². The van der Waals surface area contributed by atoms with Crippen molar-refractivity contribution in [2.24, 2.45) is 0 Å². The summed E-state index contributed by atoms with van der Waals surface area (Å²) in [4.78, 5) is 15.0. The summed E-state index contributed by atoms with van der Waals surface area (Å²) < 4.78 is 64.0. The molecule has 2 saturated heterocycles. The SMILES string of the molecule is O=C(NC1CC2CCC(C1)N2Cc1ccc2c(c1)OCO2)c1ccc(F)cc1C(F)(F)F. The molecule has 2 bridgehead atoms. The Morgan fingerprint density at radius 3 is 2.47 bits per heavy atom. The molecule has 0 aromatic heterocycles. The van der Waals surface area contributed by atoms with Gasteiger partial charge >= 0.3 is 6.18 Å². The Labute approximate surface area is 182 Å². The van der Waals surface area contributed by atoms with Gasteiger partial charge in [0, 0.05) is 24.7 Å². The molecule has 1 N–H and O–H groups in total. The standard InChI is InChI=1S/C23H22F4N2O3/c24-14-2-5-18(19(8-14)23(25,26)27)22(30)28-15-9-16-3-4-17(10-15)29(16)11-13-1-6-20-21(7-13)32-12-31-20/h1-2,5-8,15-17H,3-4,9-12H2,(H,28,30). The number of hydrogen-bond acceptors (Lipinski definition) is 4. The summed E-state index contributed by atoms with van der Waals surface area (Å²) in [6.07, 6.45) is -1.52. The summed E-state index contributed by atoms with van der Waals surface area (Å²) in [5.74, 6) is -0.372. The fourth-order valence-corrected chi connectivity index (χ4v) is 5.11. The molecule has 5 rings (SSSR count). The van der Waals surface area contributed by atoms with Crippen LogP contribution in [0, 0.1) is 5.82 Å². The Balaban J connectivity index is 1.26. The van der Waals surface area contributed by atoms with Crippen molar-refractivity contribution in [1.29, 1.82) is 0 Å². The molecule has 2 fully saturated rings. The van der Waals surface area contributed by atoms with Gasteiger partial charge in [0.25, 0.3) is 5.91 Å². The summed E-state index contributed by atoms with van der Waals surface area (Å²) in [5, 5.41) is 2.76. The zero-order chi connectivity index (χ0) is 22.5. The molecular weight excluding hydrogens is 428 g/mol. The van der Waals surface area contributed by atoms with E-state index in [2.05, 4.69) is 10.2 Å². The zero-order valence-corrected chi connectivity index (χ0v) is 17.1. The molecule has 3 aliphatic heterocycles. The second-order valence-electron chi connectivity index (χ2n) is 8.57. The van der Waals surface area contributed by atoms with Crippen LogP contribution in [0.15, 0.2) is 36.4 Å². The molecule has 2 unspecified atom stereocenters. The number of carbonyl (C=O) groups is 1. The van der Waals surface area contributed by atoms with Gasteiger partial charge in [0.2, 0.25) is 6.79 Å². The van der Waals surface area contributed by atoms with E-state index in [1.165, 1.54) is 0 Å². The maximum absolute atomic E-state index is 13.4. The van der Waals surface area contributed by atoms with E-state index in [0.29, 0.717) is 18.9 Å². The molecule has 0 spiro atoms. The predicted octanol–water partition coefficient (Wildman–Crippen LogP) is 4.50. The molecular formula is C23H22F4N2O3. The van der Waals surface area contributed by atoms with E-state index in [0.717, 1.165) is 48.6 Å². The second kappa shape index (κ2) is 7.95. The van der Waals surface area contributed by atoms with Gasteiger partial charge < -0.3 is 14.8 Å². The zero-order valence-electron chi connectivity index (χ0n) is 17.1. The highest BCUT2D eigenvalue weighted by Gasteiger charge is 2.42. The molecule has 170 valence electrons. The quantitative estimate of drug-likeness (QED) is 0.697. The van der Waals surface area contributed by atoms with Crippen molar-refractivity contribution in [3.05, 3.63) is 58.9 Å². The Morgan fingerprint density at radius 2 is 1.75 bits per heavy atom. The van der Waals surface area contributed by atoms with E-state index in [1.54, 1.807) is 0 Å². The van der Waals surface area contributed by atoms with Gasteiger partial charge in [-0.05, 0) is 61.6 Å². The Morgan fingerprint density at radius 1 is 1.03 bits per heavy atom. The van der Waals surface area contributed by atoms with Crippen LogP contribution in [0.4, 0.5) is 17.6 Å². The van der Waals surface area contributed by atoms with E-state index in [1.807, 2.05) is 18.2 Å². The van der Waals surface area contributed by atoms with Crippen LogP contribution in [-0.2, 0) is 12.7 Å². The first-order chi connectivity index (χ1) is 15.3. The number of amides is 1. The number of nitrogens with one attached hydrogen (secondary N) is 1. The number of nitrogens with zero attached hydrogens (tertiary/aromatic N) is 1. The highest BCUT2D eigenvalue weighted by atomic mass is 19.4. The minimum atomic E-state index is -4.80. The highest BCUT2D eigenvalue weighted by Crippen LogP contribution is 2.39. The number of carbonyl (C=O) groups excluding carboxylic acids is 1. The van der Waals surface area contributed by atoms with Gasteiger partial charge in [-0.1, -0.05) is 6.07 Å². The van der Waals surface area contributed by atoms with E-state index in [4.69, 9.17) is 9.47 Å². The molecule has 2 aromatic rings. The van der Waals surface area contributed by atoms with E-state index >= 15 is 0 Å². The molecule has 0 saturated carbocycles. The second-order valence-corrected chi connectivity index (χ2v) is 8.57. The molecule has 3 aliphatic rings. The lowest BCUT2D eigenvalue weighted by molar-refractivity contribution is -0.138. The van der Waals surface area contributed by atoms with Crippen LogP contribution in [0.25, 0.3) is 0 Å². The average Bonchev–Trinajstić information content (AvgIpc) is 3.28. The number of benzene rings is 2. The summed E-state index contributed by atoms with van der Waals surface area (Å²) in [6.45, 7) is 0.960. The third-order valence-electron chi connectivity index (χ3n) is 6.55. The topological polar surface area (TPSA) is 50.8 Å². The van der Waals surface area contributed by atoms with Gasteiger partial charge in [-0.25, -0.2) is 4.39 Å². The number of piperidine rings is 1. The van der Waals surface area contributed by atoms with Crippen molar-refractivity contribution in [1.82, 2.24) is 10.2 Å². The van der Waals surface area contributed by atoms with E-state index in [-0.39, 0.29) is 24.9 Å². The lowest BCUT2D eigenvalue weighted by atomic mass is 9.95. The molecule has 2 atom stereocenters. The van der Waals surface area contributed by atoms with E-state index < -0.39 is 29.0 Å². The van der Waals surface area contributed by atoms with Crippen LogP contribution < -0.4 is 14.8 Å².